The van der Waals surface area contributed by atoms with E-state index in [1.165, 1.54) is 23.5 Å². The molecular formula is C20H18N2O4S. The summed E-state index contributed by atoms with van der Waals surface area (Å²) in [6.45, 7) is 4.20. The van der Waals surface area contributed by atoms with Crippen LogP contribution in [0.5, 0.6) is 5.75 Å². The Bertz CT molecular complexity index is 960. The van der Waals surface area contributed by atoms with Crippen molar-refractivity contribution < 1.29 is 14.5 Å². The highest BCUT2D eigenvalue weighted by Crippen LogP contribution is 2.23. The zero-order chi connectivity index (χ0) is 19.4. The number of carbonyl (C=O) groups excluding carboxylic acids is 1. The molecule has 0 unspecified atom stereocenters. The molecule has 0 aliphatic carbocycles. The van der Waals surface area contributed by atoms with Gasteiger partial charge in [-0.15, -0.1) is 11.3 Å². The van der Waals surface area contributed by atoms with Gasteiger partial charge >= 0.3 is 0 Å². The summed E-state index contributed by atoms with van der Waals surface area (Å²) in [4.78, 5) is 23.3. The molecule has 1 heterocycles. The van der Waals surface area contributed by atoms with Gasteiger partial charge in [-0.25, -0.2) is 0 Å². The van der Waals surface area contributed by atoms with Gasteiger partial charge in [0.05, 0.1) is 9.80 Å². The first-order valence-electron chi connectivity index (χ1n) is 8.26. The second-order valence-electron chi connectivity index (χ2n) is 6.08. The lowest BCUT2D eigenvalue weighted by atomic mass is 10.1. The fraction of sp³-hybridized carbons (Fsp3) is 0.150. The number of benzene rings is 2. The number of ether oxygens (including phenoxy) is 1. The minimum atomic E-state index is -0.455. The molecule has 6 nitrogen and oxygen atoms in total. The molecule has 3 rings (SSSR count). The standard InChI is InChI=1S/C20H18N2O4S/c1-13-4-3-5-14(2)19(13)21-20(23)18-10-15(12-27-18)11-26-17-8-6-16(7-9-17)22(24)25/h3-10,12H,11H2,1-2H3,(H,21,23). The first-order chi connectivity index (χ1) is 12.9. The highest BCUT2D eigenvalue weighted by Gasteiger charge is 2.12. The summed E-state index contributed by atoms with van der Waals surface area (Å²) in [6, 6.07) is 13.6. The molecule has 138 valence electrons. The molecule has 1 amide bonds. The quantitative estimate of drug-likeness (QED) is 0.475. The van der Waals surface area contributed by atoms with Crippen LogP contribution in [0, 0.1) is 24.0 Å². The van der Waals surface area contributed by atoms with Gasteiger partial charge in [0, 0.05) is 23.4 Å². The molecule has 0 spiro atoms. The number of para-hydroxylation sites is 1. The lowest BCUT2D eigenvalue weighted by Gasteiger charge is -2.10. The van der Waals surface area contributed by atoms with Gasteiger partial charge in [-0.2, -0.15) is 0 Å². The third-order valence-electron chi connectivity index (χ3n) is 4.05. The third-order valence-corrected chi connectivity index (χ3v) is 5.03. The van der Waals surface area contributed by atoms with Gasteiger partial charge in [0.15, 0.2) is 0 Å². The summed E-state index contributed by atoms with van der Waals surface area (Å²) < 4.78 is 5.63. The number of hydrogen-bond acceptors (Lipinski definition) is 5. The number of nitro groups is 1. The lowest BCUT2D eigenvalue weighted by molar-refractivity contribution is -0.384. The Morgan fingerprint density at radius 1 is 1.15 bits per heavy atom. The topological polar surface area (TPSA) is 81.5 Å². The molecule has 7 heteroatoms. The van der Waals surface area contributed by atoms with Crippen molar-refractivity contribution >= 4 is 28.6 Å². The van der Waals surface area contributed by atoms with Crippen LogP contribution in [0.4, 0.5) is 11.4 Å². The number of anilines is 1. The Morgan fingerprint density at radius 3 is 2.44 bits per heavy atom. The number of rotatable bonds is 6. The molecule has 1 N–H and O–H groups in total. The van der Waals surface area contributed by atoms with Crippen LogP contribution < -0.4 is 10.1 Å². The zero-order valence-corrected chi connectivity index (χ0v) is 15.7. The number of hydrogen-bond donors (Lipinski definition) is 1. The maximum Gasteiger partial charge on any atom is 0.269 e. The van der Waals surface area contributed by atoms with Gasteiger partial charge in [0.1, 0.15) is 12.4 Å². The van der Waals surface area contributed by atoms with Gasteiger partial charge in [0.2, 0.25) is 0 Å². The fourth-order valence-corrected chi connectivity index (χ4v) is 3.38. The Kier molecular flexibility index (Phi) is 5.52. The number of nitro benzene ring substituents is 1. The smallest absolute Gasteiger partial charge is 0.269 e. The molecule has 0 aliphatic heterocycles. The summed E-state index contributed by atoms with van der Waals surface area (Å²) in [5, 5.41) is 15.5. The summed E-state index contributed by atoms with van der Waals surface area (Å²) >= 11 is 1.35. The van der Waals surface area contributed by atoms with Crippen LogP contribution in [-0.2, 0) is 6.61 Å². The van der Waals surface area contributed by atoms with Crippen molar-refractivity contribution in [2.45, 2.75) is 20.5 Å². The number of nitrogens with one attached hydrogen (secondary N) is 1. The normalized spacial score (nSPS) is 10.4. The molecule has 27 heavy (non-hydrogen) atoms. The number of nitrogens with zero attached hydrogens (tertiary/aromatic N) is 1. The van der Waals surface area contributed by atoms with Gasteiger partial charge in [-0.1, -0.05) is 18.2 Å². The van der Waals surface area contributed by atoms with Crippen molar-refractivity contribution in [2.75, 3.05) is 5.32 Å². The highest BCUT2D eigenvalue weighted by molar-refractivity contribution is 7.12. The first-order valence-corrected chi connectivity index (χ1v) is 9.14. The molecule has 0 radical (unpaired) electrons. The molecule has 0 saturated heterocycles. The number of non-ortho nitro benzene ring substituents is 1. The summed E-state index contributed by atoms with van der Waals surface area (Å²) in [6.07, 6.45) is 0. The average molecular weight is 382 g/mol. The van der Waals surface area contributed by atoms with Crippen LogP contribution in [0.15, 0.2) is 53.9 Å². The van der Waals surface area contributed by atoms with Gasteiger partial charge in [-0.3, -0.25) is 14.9 Å². The highest BCUT2D eigenvalue weighted by atomic mass is 32.1. The van der Waals surface area contributed by atoms with E-state index in [0.717, 1.165) is 22.4 Å². The average Bonchev–Trinajstić information content (AvgIpc) is 3.12. The summed E-state index contributed by atoms with van der Waals surface area (Å²) in [5.41, 5.74) is 3.75. The van der Waals surface area contributed by atoms with Crippen molar-refractivity contribution in [1.29, 1.82) is 0 Å². The number of aryl methyl sites for hydroxylation is 2. The van der Waals surface area contributed by atoms with E-state index >= 15 is 0 Å². The number of carbonyl (C=O) groups is 1. The second kappa shape index (κ2) is 8.01. The van der Waals surface area contributed by atoms with E-state index in [1.54, 1.807) is 18.2 Å². The maximum absolute atomic E-state index is 12.5. The minimum Gasteiger partial charge on any atom is -0.489 e. The molecule has 0 bridgehead atoms. The molecule has 0 fully saturated rings. The van der Waals surface area contributed by atoms with Crippen molar-refractivity contribution in [2.24, 2.45) is 0 Å². The van der Waals surface area contributed by atoms with Crippen LogP contribution in [0.3, 0.4) is 0 Å². The number of thiophene rings is 1. The molecule has 0 saturated carbocycles. The Hall–Kier alpha value is -3.19. The van der Waals surface area contributed by atoms with E-state index in [4.69, 9.17) is 4.74 Å². The van der Waals surface area contributed by atoms with Crippen molar-refractivity contribution in [3.8, 4) is 5.75 Å². The zero-order valence-electron chi connectivity index (χ0n) is 14.9. The summed E-state index contributed by atoms with van der Waals surface area (Å²) in [5.74, 6) is 0.382. The van der Waals surface area contributed by atoms with Crippen molar-refractivity contribution in [3.05, 3.63) is 85.6 Å². The van der Waals surface area contributed by atoms with Crippen molar-refractivity contribution in [1.82, 2.24) is 0 Å². The predicted molar refractivity (Wildman–Crippen MR) is 106 cm³/mol. The number of amides is 1. The van der Waals surface area contributed by atoms with E-state index in [0.29, 0.717) is 10.6 Å². The largest absolute Gasteiger partial charge is 0.489 e. The minimum absolute atomic E-state index is 0.0170. The molecule has 1 aromatic heterocycles. The molecular weight excluding hydrogens is 364 g/mol. The maximum atomic E-state index is 12.5. The molecule has 3 aromatic rings. The molecule has 0 aliphatic rings. The monoisotopic (exact) mass is 382 g/mol. The van der Waals surface area contributed by atoms with Crippen LogP contribution >= 0.6 is 11.3 Å². The van der Waals surface area contributed by atoms with E-state index < -0.39 is 4.92 Å². The van der Waals surface area contributed by atoms with Crippen LogP contribution in [0.2, 0.25) is 0 Å². The Morgan fingerprint density at radius 2 is 1.81 bits per heavy atom. The molecule has 2 aromatic carbocycles. The first kappa shape index (κ1) is 18.6. The second-order valence-corrected chi connectivity index (χ2v) is 6.99. The molecule has 0 atom stereocenters. The Balaban J connectivity index is 1.62. The van der Waals surface area contributed by atoms with Gasteiger partial charge in [-0.05, 0) is 48.6 Å². The van der Waals surface area contributed by atoms with Crippen LogP contribution in [0.25, 0.3) is 0 Å². The Labute approximate surface area is 160 Å². The summed E-state index contributed by atoms with van der Waals surface area (Å²) in [7, 11) is 0. The SMILES string of the molecule is Cc1cccc(C)c1NC(=O)c1cc(COc2ccc([N+](=O)[O-])cc2)cs1. The predicted octanol–water partition coefficient (Wildman–Crippen LogP) is 5.10. The van der Waals surface area contributed by atoms with Crippen LogP contribution in [0.1, 0.15) is 26.4 Å². The van der Waals surface area contributed by atoms with Gasteiger partial charge in [0.25, 0.3) is 11.6 Å². The van der Waals surface area contributed by atoms with E-state index in [-0.39, 0.29) is 18.2 Å². The third kappa shape index (κ3) is 4.51. The van der Waals surface area contributed by atoms with E-state index in [1.807, 2.05) is 37.4 Å². The van der Waals surface area contributed by atoms with E-state index in [2.05, 4.69) is 5.32 Å². The van der Waals surface area contributed by atoms with Crippen LogP contribution in [-0.4, -0.2) is 10.8 Å². The lowest BCUT2D eigenvalue weighted by Crippen LogP contribution is -2.12. The van der Waals surface area contributed by atoms with Gasteiger partial charge < -0.3 is 10.1 Å². The fourth-order valence-electron chi connectivity index (χ4n) is 2.59. The van der Waals surface area contributed by atoms with E-state index in [9.17, 15) is 14.9 Å². The van der Waals surface area contributed by atoms with Crippen molar-refractivity contribution in [3.63, 3.8) is 0 Å².